The second-order valence-corrected chi connectivity index (χ2v) is 9.38. The Morgan fingerprint density at radius 2 is 1.66 bits per heavy atom. The molecule has 0 saturated heterocycles. The quantitative estimate of drug-likeness (QED) is 0.403. The van der Waals surface area contributed by atoms with Gasteiger partial charge < -0.3 is 5.32 Å². The van der Waals surface area contributed by atoms with E-state index in [-0.39, 0.29) is 16.6 Å². The van der Waals surface area contributed by atoms with E-state index in [1.54, 1.807) is 12.3 Å². The highest BCUT2D eigenvalue weighted by Crippen LogP contribution is 2.29. The molecule has 1 amide bonds. The zero-order valence-corrected chi connectivity index (χ0v) is 18.5. The molecule has 0 unspecified atom stereocenters. The molecule has 4 aromatic rings. The van der Waals surface area contributed by atoms with Gasteiger partial charge in [-0.15, -0.1) is 0 Å². The van der Waals surface area contributed by atoms with Crippen molar-refractivity contribution >= 4 is 33.4 Å². The Kier molecular flexibility index (Phi) is 6.40. The summed E-state index contributed by atoms with van der Waals surface area (Å²) in [6.45, 7) is 0. The standard InChI is InChI=1S/C23H20N4O3S2/c24-32(29,30)20-13-7-10-18(14-20)26-22(28)16-31-23-25-15-21(17-8-3-1-4-9-17)27(23)19-11-5-2-6-12-19/h1-15H,16H2,(H,26,28)(H2,24,29,30). The van der Waals surface area contributed by atoms with Gasteiger partial charge in [0.25, 0.3) is 0 Å². The Morgan fingerprint density at radius 3 is 2.34 bits per heavy atom. The van der Waals surface area contributed by atoms with E-state index in [2.05, 4.69) is 10.3 Å². The second kappa shape index (κ2) is 9.39. The number of sulfonamides is 1. The molecular weight excluding hydrogens is 444 g/mol. The molecule has 1 heterocycles. The fraction of sp³-hybridized carbons (Fsp3) is 0.0435. The van der Waals surface area contributed by atoms with Gasteiger partial charge in [-0.3, -0.25) is 9.36 Å². The average Bonchev–Trinajstić information content (AvgIpc) is 3.22. The number of rotatable bonds is 7. The minimum atomic E-state index is -3.85. The first kappa shape index (κ1) is 21.8. The summed E-state index contributed by atoms with van der Waals surface area (Å²) in [6.07, 6.45) is 1.79. The van der Waals surface area contributed by atoms with E-state index in [0.29, 0.717) is 10.8 Å². The predicted molar refractivity (Wildman–Crippen MR) is 126 cm³/mol. The lowest BCUT2D eigenvalue weighted by molar-refractivity contribution is -0.113. The summed E-state index contributed by atoms with van der Waals surface area (Å²) in [7, 11) is -3.85. The van der Waals surface area contributed by atoms with Crippen LogP contribution in [0, 0.1) is 0 Å². The third-order valence-electron chi connectivity index (χ3n) is 4.59. The molecule has 0 saturated carbocycles. The predicted octanol–water partition coefficient (Wildman–Crippen LogP) is 3.92. The molecule has 0 atom stereocenters. The average molecular weight is 465 g/mol. The Balaban J connectivity index is 1.55. The van der Waals surface area contributed by atoms with Crippen molar-refractivity contribution in [1.82, 2.24) is 9.55 Å². The summed E-state index contributed by atoms with van der Waals surface area (Å²) >= 11 is 1.29. The van der Waals surface area contributed by atoms with Crippen molar-refractivity contribution in [3.8, 4) is 16.9 Å². The van der Waals surface area contributed by atoms with Crippen molar-refractivity contribution in [2.75, 3.05) is 11.1 Å². The van der Waals surface area contributed by atoms with Crippen molar-refractivity contribution in [2.45, 2.75) is 10.1 Å². The molecule has 1 aromatic heterocycles. The molecule has 0 spiro atoms. The Morgan fingerprint density at radius 1 is 0.969 bits per heavy atom. The van der Waals surface area contributed by atoms with E-state index in [0.717, 1.165) is 16.9 Å². The largest absolute Gasteiger partial charge is 0.325 e. The van der Waals surface area contributed by atoms with Crippen molar-refractivity contribution in [2.24, 2.45) is 5.14 Å². The fourth-order valence-electron chi connectivity index (χ4n) is 3.15. The zero-order valence-electron chi connectivity index (χ0n) is 16.9. The molecule has 4 rings (SSSR count). The third kappa shape index (κ3) is 5.08. The lowest BCUT2D eigenvalue weighted by Gasteiger charge is -2.12. The Hall–Kier alpha value is -3.40. The summed E-state index contributed by atoms with van der Waals surface area (Å²) in [6, 6.07) is 25.6. The molecular formula is C23H20N4O3S2. The summed E-state index contributed by atoms with van der Waals surface area (Å²) in [4.78, 5) is 17.0. The number of para-hydroxylation sites is 1. The molecule has 0 radical (unpaired) electrons. The molecule has 0 bridgehead atoms. The fourth-order valence-corrected chi connectivity index (χ4v) is 4.51. The van der Waals surface area contributed by atoms with Crippen LogP contribution < -0.4 is 10.5 Å². The lowest BCUT2D eigenvalue weighted by Crippen LogP contribution is -2.16. The molecule has 3 N–H and O–H groups in total. The molecule has 9 heteroatoms. The topological polar surface area (TPSA) is 107 Å². The molecule has 7 nitrogen and oxygen atoms in total. The van der Waals surface area contributed by atoms with Crippen LogP contribution in [0.3, 0.4) is 0 Å². The number of hydrogen-bond donors (Lipinski definition) is 2. The van der Waals surface area contributed by atoms with Crippen LogP contribution in [-0.4, -0.2) is 29.6 Å². The highest BCUT2D eigenvalue weighted by molar-refractivity contribution is 7.99. The van der Waals surface area contributed by atoms with E-state index in [1.165, 1.54) is 30.0 Å². The highest BCUT2D eigenvalue weighted by atomic mass is 32.2. The van der Waals surface area contributed by atoms with E-state index in [9.17, 15) is 13.2 Å². The van der Waals surface area contributed by atoms with E-state index in [1.807, 2.05) is 65.2 Å². The normalized spacial score (nSPS) is 11.3. The van der Waals surface area contributed by atoms with Gasteiger partial charge in [0.2, 0.25) is 15.9 Å². The zero-order chi connectivity index (χ0) is 22.6. The van der Waals surface area contributed by atoms with E-state index in [4.69, 9.17) is 5.14 Å². The van der Waals surface area contributed by atoms with Gasteiger partial charge in [0, 0.05) is 16.9 Å². The molecule has 0 fully saturated rings. The minimum absolute atomic E-state index is 0.0601. The first-order chi connectivity index (χ1) is 15.4. The number of aromatic nitrogens is 2. The number of primary sulfonamides is 1. The number of benzene rings is 3. The van der Waals surface area contributed by atoms with Crippen LogP contribution in [0.1, 0.15) is 0 Å². The maximum absolute atomic E-state index is 12.5. The number of anilines is 1. The second-order valence-electron chi connectivity index (χ2n) is 6.87. The van der Waals surface area contributed by atoms with Gasteiger partial charge in [-0.2, -0.15) is 0 Å². The number of nitrogens with zero attached hydrogens (tertiary/aromatic N) is 2. The van der Waals surface area contributed by atoms with Gasteiger partial charge in [-0.1, -0.05) is 66.4 Å². The van der Waals surface area contributed by atoms with Crippen molar-refractivity contribution < 1.29 is 13.2 Å². The molecule has 0 aliphatic carbocycles. The van der Waals surface area contributed by atoms with Gasteiger partial charge in [-0.05, 0) is 30.3 Å². The molecule has 162 valence electrons. The van der Waals surface area contributed by atoms with Crippen LogP contribution in [0.15, 0.2) is 101 Å². The summed E-state index contributed by atoms with van der Waals surface area (Å²) in [5.41, 5.74) is 3.23. The summed E-state index contributed by atoms with van der Waals surface area (Å²) in [5, 5.41) is 8.53. The number of nitrogens with two attached hydrogens (primary N) is 1. The third-order valence-corrected chi connectivity index (χ3v) is 6.46. The molecule has 0 aliphatic heterocycles. The Labute approximate surface area is 190 Å². The monoisotopic (exact) mass is 464 g/mol. The van der Waals surface area contributed by atoms with Crippen LogP contribution in [-0.2, 0) is 14.8 Å². The molecule has 0 aliphatic rings. The van der Waals surface area contributed by atoms with Crippen molar-refractivity contribution in [1.29, 1.82) is 0 Å². The number of carbonyl (C=O) groups is 1. The molecule has 32 heavy (non-hydrogen) atoms. The van der Waals surface area contributed by atoms with Crippen molar-refractivity contribution in [3.05, 3.63) is 91.1 Å². The first-order valence-corrected chi connectivity index (χ1v) is 12.2. The van der Waals surface area contributed by atoms with Gasteiger partial charge in [0.05, 0.1) is 22.5 Å². The van der Waals surface area contributed by atoms with E-state index < -0.39 is 10.0 Å². The van der Waals surface area contributed by atoms with Gasteiger partial charge in [0.15, 0.2) is 5.16 Å². The smallest absolute Gasteiger partial charge is 0.238 e. The van der Waals surface area contributed by atoms with E-state index >= 15 is 0 Å². The number of hydrogen-bond acceptors (Lipinski definition) is 5. The highest BCUT2D eigenvalue weighted by Gasteiger charge is 2.16. The van der Waals surface area contributed by atoms with Crippen LogP contribution in [0.5, 0.6) is 0 Å². The van der Waals surface area contributed by atoms with Crippen LogP contribution in [0.4, 0.5) is 5.69 Å². The lowest BCUT2D eigenvalue weighted by atomic mass is 10.1. The molecule has 3 aromatic carbocycles. The van der Waals surface area contributed by atoms with Crippen LogP contribution in [0.25, 0.3) is 16.9 Å². The number of imidazole rings is 1. The number of nitrogens with one attached hydrogen (secondary N) is 1. The number of amides is 1. The van der Waals surface area contributed by atoms with Crippen LogP contribution >= 0.6 is 11.8 Å². The maximum Gasteiger partial charge on any atom is 0.238 e. The SMILES string of the molecule is NS(=O)(=O)c1cccc(NC(=O)CSc2ncc(-c3ccccc3)n2-c2ccccc2)c1. The van der Waals surface area contributed by atoms with Crippen molar-refractivity contribution in [3.63, 3.8) is 0 Å². The van der Waals surface area contributed by atoms with Gasteiger partial charge in [-0.25, -0.2) is 18.5 Å². The van der Waals surface area contributed by atoms with Crippen LogP contribution in [0.2, 0.25) is 0 Å². The number of thioether (sulfide) groups is 1. The summed E-state index contributed by atoms with van der Waals surface area (Å²) in [5.74, 6) is -0.192. The van der Waals surface area contributed by atoms with Gasteiger partial charge in [0.1, 0.15) is 0 Å². The first-order valence-electron chi connectivity index (χ1n) is 9.66. The van der Waals surface area contributed by atoms with Gasteiger partial charge >= 0.3 is 0 Å². The minimum Gasteiger partial charge on any atom is -0.325 e. The maximum atomic E-state index is 12.5. The number of carbonyl (C=O) groups excluding carboxylic acids is 1. The summed E-state index contributed by atoms with van der Waals surface area (Å²) < 4.78 is 25.1. The Bertz CT molecular complexity index is 1340.